The maximum absolute atomic E-state index is 13.5. The lowest BCUT2D eigenvalue weighted by Crippen LogP contribution is -2.41. The number of hydrogen-bond donors (Lipinski definition) is 2. The zero-order valence-electron chi connectivity index (χ0n) is 23.4. The van der Waals surface area contributed by atoms with Crippen molar-refractivity contribution in [2.24, 2.45) is 5.92 Å². The van der Waals surface area contributed by atoms with E-state index in [1.165, 1.54) is 38.5 Å². The second-order valence-electron chi connectivity index (χ2n) is 10.6. The molecule has 0 aliphatic heterocycles. The van der Waals surface area contributed by atoms with Gasteiger partial charge in [0, 0.05) is 12.2 Å². The Kier molecular flexibility index (Phi) is 11.2. The molecule has 1 fully saturated rings. The number of thioether (sulfide) groups is 1. The first-order chi connectivity index (χ1) is 19.5. The first kappa shape index (κ1) is 29.9. The van der Waals surface area contributed by atoms with E-state index in [2.05, 4.69) is 10.3 Å². The highest BCUT2D eigenvalue weighted by Gasteiger charge is 2.25. The monoisotopic (exact) mass is 564 g/mol. The third kappa shape index (κ3) is 7.98. The van der Waals surface area contributed by atoms with Crippen molar-refractivity contribution in [2.45, 2.75) is 70.4 Å². The van der Waals surface area contributed by atoms with E-state index in [0.29, 0.717) is 30.1 Å². The number of nitrogens with one attached hydrogen (secondary N) is 1. The molecule has 1 aliphatic carbocycles. The number of aromatic nitrogens is 1. The lowest BCUT2D eigenvalue weighted by Gasteiger charge is -2.22. The summed E-state index contributed by atoms with van der Waals surface area (Å²) in [6, 6.07) is 12.5. The topological polar surface area (TPSA) is 102 Å². The van der Waals surface area contributed by atoms with Crippen molar-refractivity contribution < 1.29 is 23.8 Å². The predicted octanol–water partition coefficient (Wildman–Crippen LogP) is 7.05. The van der Waals surface area contributed by atoms with Crippen LogP contribution in [0.1, 0.15) is 84.7 Å². The molecule has 1 amide bonds. The summed E-state index contributed by atoms with van der Waals surface area (Å²) in [5, 5.41) is 12.4. The molecule has 1 aromatic heterocycles. The van der Waals surface area contributed by atoms with Crippen molar-refractivity contribution in [2.75, 3.05) is 18.6 Å². The molecule has 214 valence electrons. The van der Waals surface area contributed by atoms with E-state index >= 15 is 0 Å². The van der Waals surface area contributed by atoms with Crippen LogP contribution in [0.25, 0.3) is 11.1 Å². The second-order valence-corrected chi connectivity index (χ2v) is 11.6. The van der Waals surface area contributed by atoms with Gasteiger partial charge in [-0.15, -0.1) is 0 Å². The Balaban J connectivity index is 1.61. The number of carboxylic acid groups (broad SMARTS) is 1. The van der Waals surface area contributed by atoms with Gasteiger partial charge in [-0.1, -0.05) is 62.4 Å². The van der Waals surface area contributed by atoms with E-state index in [1.54, 1.807) is 24.0 Å². The van der Waals surface area contributed by atoms with Crippen molar-refractivity contribution in [3.8, 4) is 11.1 Å². The van der Waals surface area contributed by atoms with Crippen molar-refractivity contribution >= 4 is 23.6 Å². The van der Waals surface area contributed by atoms with Crippen molar-refractivity contribution in [3.05, 3.63) is 77.5 Å². The van der Waals surface area contributed by atoms with Crippen LogP contribution in [0.4, 0.5) is 0 Å². The lowest BCUT2D eigenvalue weighted by molar-refractivity contribution is -0.139. The lowest BCUT2D eigenvalue weighted by atomic mass is 9.86. The average Bonchev–Trinajstić information content (AvgIpc) is 3.50. The number of rotatable bonds is 14. The highest BCUT2D eigenvalue weighted by atomic mass is 32.2. The van der Waals surface area contributed by atoms with E-state index < -0.39 is 24.0 Å². The Hall–Kier alpha value is -3.10. The zero-order chi connectivity index (χ0) is 28.3. The molecule has 2 N–H and O–H groups in total. The molecule has 1 aliphatic rings. The fourth-order valence-corrected chi connectivity index (χ4v) is 5.97. The SMILES string of the molecule is CSCCC(NC(=O)c1ccc(C(OCCCC2CCCCC2)c2cnco2)cc1-c1ccccc1C)C(=O)O. The Labute approximate surface area is 241 Å². The van der Waals surface area contributed by atoms with Gasteiger partial charge in [-0.25, -0.2) is 9.78 Å². The molecule has 2 atom stereocenters. The van der Waals surface area contributed by atoms with Crippen molar-refractivity contribution in [3.63, 3.8) is 0 Å². The standard InChI is InChI=1S/C32H40N2O5S/c1-22-9-6-7-13-25(22)27-19-24(14-15-26(27)31(35)34-28(32(36)37)16-18-40-2)30(29-20-33-21-39-29)38-17-8-12-23-10-4-3-5-11-23/h6-7,9,13-15,19-21,23,28,30H,3-5,8,10-12,16-18H2,1-2H3,(H,34,35)(H,36,37). The summed E-state index contributed by atoms with van der Waals surface area (Å²) < 4.78 is 12.1. The number of hydrogen-bond acceptors (Lipinski definition) is 6. The molecular formula is C32H40N2O5S. The van der Waals surface area contributed by atoms with Crippen LogP contribution in [0, 0.1) is 12.8 Å². The maximum Gasteiger partial charge on any atom is 0.326 e. The van der Waals surface area contributed by atoms with Gasteiger partial charge in [-0.2, -0.15) is 11.8 Å². The van der Waals surface area contributed by atoms with Crippen LogP contribution >= 0.6 is 11.8 Å². The number of aryl methyl sites for hydroxylation is 1. The minimum absolute atomic E-state index is 0.349. The van der Waals surface area contributed by atoms with Crippen LogP contribution in [0.2, 0.25) is 0 Å². The number of oxazole rings is 1. The van der Waals surface area contributed by atoms with E-state index in [9.17, 15) is 14.7 Å². The Morgan fingerprint density at radius 3 is 2.65 bits per heavy atom. The number of aliphatic carboxylic acids is 1. The zero-order valence-corrected chi connectivity index (χ0v) is 24.3. The van der Waals surface area contributed by atoms with Crippen molar-refractivity contribution in [1.82, 2.24) is 10.3 Å². The quantitative estimate of drug-likeness (QED) is 0.202. The van der Waals surface area contributed by atoms with Gasteiger partial charge in [0.25, 0.3) is 5.91 Å². The van der Waals surface area contributed by atoms with Crippen LogP contribution in [0.5, 0.6) is 0 Å². The molecular weight excluding hydrogens is 524 g/mol. The van der Waals surface area contributed by atoms with E-state index in [4.69, 9.17) is 9.15 Å². The molecule has 3 aromatic rings. The van der Waals surface area contributed by atoms with Gasteiger partial charge in [-0.05, 0) is 78.5 Å². The van der Waals surface area contributed by atoms with Gasteiger partial charge in [0.15, 0.2) is 12.2 Å². The summed E-state index contributed by atoms with van der Waals surface area (Å²) in [4.78, 5) is 29.4. The number of carboxylic acids is 1. The van der Waals surface area contributed by atoms with E-state index in [1.807, 2.05) is 49.6 Å². The number of ether oxygens (including phenoxy) is 1. The van der Waals surface area contributed by atoms with Gasteiger partial charge in [0.2, 0.25) is 0 Å². The molecule has 0 spiro atoms. The first-order valence-electron chi connectivity index (χ1n) is 14.2. The molecule has 7 nitrogen and oxygen atoms in total. The summed E-state index contributed by atoms with van der Waals surface area (Å²) in [6.07, 6.45) is 13.7. The highest BCUT2D eigenvalue weighted by molar-refractivity contribution is 7.98. The van der Waals surface area contributed by atoms with Crippen LogP contribution < -0.4 is 5.32 Å². The molecule has 1 saturated carbocycles. The molecule has 1 heterocycles. The minimum atomic E-state index is -1.04. The van der Waals surface area contributed by atoms with Gasteiger partial charge in [0.1, 0.15) is 12.1 Å². The summed E-state index contributed by atoms with van der Waals surface area (Å²) in [7, 11) is 0. The van der Waals surface area contributed by atoms with Gasteiger partial charge < -0.3 is 19.6 Å². The van der Waals surface area contributed by atoms with Gasteiger partial charge in [-0.3, -0.25) is 4.79 Å². The van der Waals surface area contributed by atoms with Crippen LogP contribution in [-0.2, 0) is 9.53 Å². The van der Waals surface area contributed by atoms with Crippen LogP contribution in [0.15, 0.2) is 59.5 Å². The summed E-state index contributed by atoms with van der Waals surface area (Å²) in [6.45, 7) is 2.59. The van der Waals surface area contributed by atoms with Crippen LogP contribution in [0.3, 0.4) is 0 Å². The number of carbonyl (C=O) groups excluding carboxylic acids is 1. The van der Waals surface area contributed by atoms with Crippen molar-refractivity contribution in [1.29, 1.82) is 0 Å². The molecule has 40 heavy (non-hydrogen) atoms. The number of benzene rings is 2. The summed E-state index contributed by atoms with van der Waals surface area (Å²) >= 11 is 1.55. The molecule has 2 aromatic carbocycles. The summed E-state index contributed by atoms with van der Waals surface area (Å²) in [5.41, 5.74) is 3.90. The molecule has 0 radical (unpaired) electrons. The molecule has 2 unspecified atom stereocenters. The van der Waals surface area contributed by atoms with Crippen LogP contribution in [-0.4, -0.2) is 46.6 Å². The molecule has 0 bridgehead atoms. The van der Waals surface area contributed by atoms with Gasteiger partial charge >= 0.3 is 5.97 Å². The molecule has 4 rings (SSSR count). The number of amides is 1. The average molecular weight is 565 g/mol. The normalized spacial score (nSPS) is 15.4. The number of nitrogens with zero attached hydrogens (tertiary/aromatic N) is 1. The van der Waals surface area contributed by atoms with E-state index in [0.717, 1.165) is 41.0 Å². The predicted molar refractivity (Wildman–Crippen MR) is 159 cm³/mol. The Morgan fingerprint density at radius 2 is 1.95 bits per heavy atom. The fraction of sp³-hybridized carbons (Fsp3) is 0.469. The molecule has 8 heteroatoms. The molecule has 0 saturated heterocycles. The third-order valence-electron chi connectivity index (χ3n) is 7.72. The fourth-order valence-electron chi connectivity index (χ4n) is 5.50. The number of carbonyl (C=O) groups is 2. The minimum Gasteiger partial charge on any atom is -0.480 e. The Morgan fingerprint density at radius 1 is 1.15 bits per heavy atom. The van der Waals surface area contributed by atoms with E-state index in [-0.39, 0.29) is 0 Å². The Bertz CT molecular complexity index is 1240. The maximum atomic E-state index is 13.5. The third-order valence-corrected chi connectivity index (χ3v) is 8.36. The first-order valence-corrected chi connectivity index (χ1v) is 15.6. The summed E-state index contributed by atoms with van der Waals surface area (Å²) in [5.74, 6) is 0.578. The van der Waals surface area contributed by atoms with Gasteiger partial charge in [0.05, 0.1) is 6.20 Å². The smallest absolute Gasteiger partial charge is 0.326 e. The highest BCUT2D eigenvalue weighted by Crippen LogP contribution is 2.34. The largest absolute Gasteiger partial charge is 0.480 e. The second kappa shape index (κ2) is 15.1.